The number of carboxylic acid groups (broad SMARTS) is 3. The number of carboxylic acids is 3. The van der Waals surface area contributed by atoms with Gasteiger partial charge >= 0.3 is 17.9 Å². The summed E-state index contributed by atoms with van der Waals surface area (Å²) >= 11 is 0. The van der Waals surface area contributed by atoms with Gasteiger partial charge in [0.2, 0.25) is 47.3 Å². The summed E-state index contributed by atoms with van der Waals surface area (Å²) in [6.07, 6.45) is -4.62. The predicted molar refractivity (Wildman–Crippen MR) is 262 cm³/mol. The number of nitrogens with two attached hydrogens (primary N) is 4. The molecule has 0 fully saturated rings. The van der Waals surface area contributed by atoms with Gasteiger partial charge in [-0.3, -0.25) is 53.4 Å². The Hall–Kier alpha value is -7.66. The number of rotatable bonds is 36. The summed E-state index contributed by atoms with van der Waals surface area (Å²) in [5.74, 6) is -13.7. The Balaban J connectivity index is 3.47. The van der Waals surface area contributed by atoms with Crippen molar-refractivity contribution in [3.63, 3.8) is 0 Å². The van der Waals surface area contributed by atoms with Gasteiger partial charge in [0.25, 0.3) is 0 Å². The molecule has 0 unspecified atom stereocenters. The third-order valence-electron chi connectivity index (χ3n) is 10.9. The van der Waals surface area contributed by atoms with Gasteiger partial charge in [-0.25, -0.2) is 4.79 Å². The highest BCUT2D eigenvalue weighted by atomic mass is 16.4. The number of aliphatic hydroxyl groups is 1. The number of hydrogen-bond donors (Lipinski definition) is 18. The SMILES string of the molecule is CC(C)C[C@H](NC(=O)[C@H](Cc1ccc(O)cc1)NC(=O)[C@@H](N)CCCNC(=N)N)C(=O)N[C@@H](CC(=O)O)C(=O)N[C@@H](CCCCN)C(=O)N[C@H](C(=O)N[C@@H](CCC(=O)O)C(=O)N[C@@H](CCC(N)=O)C(=O)O)[C@@H](C)O. The van der Waals surface area contributed by atoms with E-state index in [0.717, 1.165) is 6.92 Å². The first-order valence-electron chi connectivity index (χ1n) is 23.7. The minimum atomic E-state index is -1.93. The number of carbonyl (C=O) groups excluding carboxylic acids is 8. The number of carbonyl (C=O) groups is 11. The summed E-state index contributed by atoms with van der Waals surface area (Å²) in [6, 6.07) is -7.19. The van der Waals surface area contributed by atoms with E-state index < -0.39 is 152 Å². The van der Waals surface area contributed by atoms with E-state index in [1.807, 2.05) is 0 Å². The average molecular weight is 1050 g/mol. The van der Waals surface area contributed by atoms with Crippen LogP contribution in [0.25, 0.3) is 0 Å². The van der Waals surface area contributed by atoms with E-state index in [-0.39, 0.29) is 62.8 Å². The molecule has 1 aromatic rings. The first-order chi connectivity index (χ1) is 34.6. The van der Waals surface area contributed by atoms with E-state index >= 15 is 0 Å². The number of benzene rings is 1. The van der Waals surface area contributed by atoms with E-state index in [1.165, 1.54) is 24.3 Å². The van der Waals surface area contributed by atoms with Gasteiger partial charge in [-0.15, -0.1) is 0 Å². The molecule has 0 aliphatic rings. The highest BCUT2D eigenvalue weighted by Crippen LogP contribution is 2.14. The molecule has 0 aliphatic carbocycles. The second kappa shape index (κ2) is 33.1. The van der Waals surface area contributed by atoms with Crippen LogP contribution in [0.4, 0.5) is 0 Å². The average Bonchev–Trinajstić information content (AvgIpc) is 3.30. The Kier molecular flexibility index (Phi) is 28.8. The van der Waals surface area contributed by atoms with Crippen LogP contribution < -0.4 is 65.5 Å². The highest BCUT2D eigenvalue weighted by Gasteiger charge is 2.36. The Morgan fingerprint density at radius 3 is 1.62 bits per heavy atom. The molecule has 22 N–H and O–H groups in total. The van der Waals surface area contributed by atoms with Crippen LogP contribution in [-0.2, 0) is 59.2 Å². The normalized spacial score (nSPS) is 14.6. The molecule has 0 aromatic heterocycles. The Morgan fingerprint density at radius 1 is 0.581 bits per heavy atom. The van der Waals surface area contributed by atoms with Crippen molar-refractivity contribution < 1.29 is 78.3 Å². The van der Waals surface area contributed by atoms with E-state index in [9.17, 15) is 78.3 Å². The fraction of sp³-hybridized carbons (Fsp3) is 0.600. The van der Waals surface area contributed by atoms with E-state index in [2.05, 4.69) is 42.5 Å². The molecule has 0 bridgehead atoms. The lowest BCUT2D eigenvalue weighted by Crippen LogP contribution is -2.62. The highest BCUT2D eigenvalue weighted by molar-refractivity contribution is 5.98. The molecule has 0 aliphatic heterocycles. The molecule has 0 saturated carbocycles. The zero-order valence-electron chi connectivity index (χ0n) is 41.5. The molecule has 414 valence electrons. The largest absolute Gasteiger partial charge is 0.508 e. The summed E-state index contributed by atoms with van der Waals surface area (Å²) in [5.41, 5.74) is 22.6. The summed E-state index contributed by atoms with van der Waals surface area (Å²) in [4.78, 5) is 142. The van der Waals surface area contributed by atoms with Crippen molar-refractivity contribution in [1.29, 1.82) is 5.41 Å². The fourth-order valence-electron chi connectivity index (χ4n) is 6.97. The summed E-state index contributed by atoms with van der Waals surface area (Å²) in [5, 5.41) is 75.3. The van der Waals surface area contributed by atoms with E-state index in [0.29, 0.717) is 18.4 Å². The van der Waals surface area contributed by atoms with Gasteiger partial charge in [0.1, 0.15) is 48.0 Å². The molecule has 29 heteroatoms. The third kappa shape index (κ3) is 25.6. The maximum absolute atomic E-state index is 14.0. The summed E-state index contributed by atoms with van der Waals surface area (Å²) in [6.45, 7) is 4.81. The number of nitrogens with one attached hydrogen (secondary N) is 9. The lowest BCUT2D eigenvalue weighted by atomic mass is 10.00. The summed E-state index contributed by atoms with van der Waals surface area (Å²) in [7, 11) is 0. The van der Waals surface area contributed by atoms with Crippen LogP contribution in [0, 0.1) is 11.3 Å². The number of hydrogen-bond acceptors (Lipinski definition) is 16. The molecular formula is C45H73N13O16. The van der Waals surface area contributed by atoms with Crippen LogP contribution in [0.3, 0.4) is 0 Å². The smallest absolute Gasteiger partial charge is 0.326 e. The molecule has 74 heavy (non-hydrogen) atoms. The Bertz CT molecular complexity index is 2110. The molecule has 1 aromatic carbocycles. The van der Waals surface area contributed by atoms with Gasteiger partial charge in [0, 0.05) is 25.8 Å². The molecule has 9 atom stereocenters. The van der Waals surface area contributed by atoms with Gasteiger partial charge in [-0.05, 0) is 88.4 Å². The van der Waals surface area contributed by atoms with Gasteiger partial charge < -0.3 is 91.0 Å². The van der Waals surface area contributed by atoms with Crippen LogP contribution in [0.15, 0.2) is 24.3 Å². The number of phenolic OH excluding ortho intramolecular Hbond substituents is 1. The predicted octanol–water partition coefficient (Wildman–Crippen LogP) is -4.84. The number of unbranched alkanes of at least 4 members (excludes halogenated alkanes) is 1. The zero-order valence-corrected chi connectivity index (χ0v) is 41.5. The van der Waals surface area contributed by atoms with Gasteiger partial charge in [-0.1, -0.05) is 26.0 Å². The topological polar surface area (TPSA) is 513 Å². The van der Waals surface area contributed by atoms with Crippen LogP contribution in [0.5, 0.6) is 5.75 Å². The number of aliphatic hydroxyl groups excluding tert-OH is 1. The van der Waals surface area contributed by atoms with Crippen molar-refractivity contribution in [3.8, 4) is 5.75 Å². The third-order valence-corrected chi connectivity index (χ3v) is 10.9. The first kappa shape index (κ1) is 64.4. The molecule has 0 heterocycles. The lowest BCUT2D eigenvalue weighted by molar-refractivity contribution is -0.143. The van der Waals surface area contributed by atoms with Crippen molar-refractivity contribution >= 4 is 71.1 Å². The van der Waals surface area contributed by atoms with Gasteiger partial charge in [-0.2, -0.15) is 0 Å². The number of aromatic hydroxyl groups is 1. The van der Waals surface area contributed by atoms with E-state index in [4.69, 9.17) is 28.3 Å². The van der Waals surface area contributed by atoms with Crippen LogP contribution in [-0.4, -0.2) is 164 Å². The second-order valence-corrected chi connectivity index (χ2v) is 17.8. The molecule has 29 nitrogen and oxygen atoms in total. The molecule has 0 radical (unpaired) electrons. The maximum Gasteiger partial charge on any atom is 0.326 e. The number of primary amides is 1. The first-order valence-corrected chi connectivity index (χ1v) is 23.7. The number of guanidine groups is 1. The standard InChI is InChI=1S/C45H73N13O16/c1-22(2)19-30(56-41(70)31(20-24-9-11-25(60)12-10-24)55-37(66)26(47)7-6-18-51-45(49)50)40(69)57-32(21-35(64)65)42(71)52-27(8-4-5-17-46)39(68)58-36(23(3)59)43(72)53-28(14-16-34(62)63)38(67)54-29(44(73)74)13-15-33(48)61/h9-12,22-23,26-32,36,59-60H,4-8,13-21,46-47H2,1-3H3,(H2,48,61)(H,52,71)(H,53,72)(H,54,67)(H,55,66)(H,56,70)(H,57,69)(H,58,68)(H,62,63)(H,64,65)(H,73,74)(H4,49,50,51)/t23-,26+,27+,28+,29+,30+,31+,32+,36+/m1/s1. The van der Waals surface area contributed by atoms with Crippen molar-refractivity contribution in [1.82, 2.24) is 42.5 Å². The van der Waals surface area contributed by atoms with Gasteiger partial charge in [0.05, 0.1) is 18.6 Å². The van der Waals surface area contributed by atoms with Gasteiger partial charge in [0.15, 0.2) is 5.96 Å². The number of phenols is 1. The minimum Gasteiger partial charge on any atom is -0.508 e. The lowest BCUT2D eigenvalue weighted by Gasteiger charge is -2.28. The maximum atomic E-state index is 14.0. The Labute approximate surface area is 426 Å². The molecule has 1 rings (SSSR count). The monoisotopic (exact) mass is 1050 g/mol. The molecule has 0 saturated heterocycles. The quantitative estimate of drug-likeness (QED) is 0.0170. The molecule has 0 spiro atoms. The number of aliphatic carboxylic acids is 3. The van der Waals surface area contributed by atoms with Crippen LogP contribution in [0.2, 0.25) is 0 Å². The Morgan fingerprint density at radius 2 is 1.08 bits per heavy atom. The minimum absolute atomic E-state index is 0.0807. The molecular weight excluding hydrogens is 979 g/mol. The van der Waals surface area contributed by atoms with E-state index in [1.54, 1.807) is 13.8 Å². The van der Waals surface area contributed by atoms with Crippen molar-refractivity contribution in [3.05, 3.63) is 29.8 Å². The fourth-order valence-corrected chi connectivity index (χ4v) is 6.97. The zero-order chi connectivity index (χ0) is 56.2. The van der Waals surface area contributed by atoms with Crippen molar-refractivity contribution in [2.45, 2.75) is 152 Å². The molecule has 8 amide bonds. The van der Waals surface area contributed by atoms with Crippen LogP contribution >= 0.6 is 0 Å². The van der Waals surface area contributed by atoms with Crippen molar-refractivity contribution in [2.24, 2.45) is 28.9 Å². The van der Waals surface area contributed by atoms with Crippen molar-refractivity contribution in [2.75, 3.05) is 13.1 Å². The second-order valence-electron chi connectivity index (χ2n) is 17.8. The van der Waals surface area contributed by atoms with Crippen LogP contribution in [0.1, 0.15) is 97.0 Å². The number of amides is 8. The summed E-state index contributed by atoms with van der Waals surface area (Å²) < 4.78 is 0.